The maximum atomic E-state index is 14.4. The van der Waals surface area contributed by atoms with Crippen molar-refractivity contribution < 1.29 is 19.1 Å². The second-order valence-corrected chi connectivity index (χ2v) is 17.7. The molecular formula is C39H41N3O4Si. The zero-order valence-electron chi connectivity index (χ0n) is 27.7. The molecule has 0 saturated heterocycles. The van der Waals surface area contributed by atoms with Crippen LogP contribution in [-0.4, -0.2) is 67.3 Å². The number of likely N-dealkylation sites (N-methyl/N-ethyl adjacent to an activating group) is 1. The quantitative estimate of drug-likeness (QED) is 0.207. The van der Waals surface area contributed by atoms with E-state index in [0.29, 0.717) is 36.1 Å². The lowest BCUT2D eigenvalue weighted by molar-refractivity contribution is 0.0768. The second kappa shape index (κ2) is 12.8. The van der Waals surface area contributed by atoms with Gasteiger partial charge in [-0.1, -0.05) is 112 Å². The lowest BCUT2D eigenvalue weighted by Crippen LogP contribution is -2.67. The fourth-order valence-corrected chi connectivity index (χ4v) is 11.4. The van der Waals surface area contributed by atoms with Crippen LogP contribution in [0.5, 0.6) is 5.75 Å². The molecule has 0 bridgehead atoms. The first-order valence-electron chi connectivity index (χ1n) is 16.0. The van der Waals surface area contributed by atoms with Gasteiger partial charge in [0.05, 0.1) is 17.7 Å². The molecule has 8 heteroatoms. The van der Waals surface area contributed by atoms with Crippen LogP contribution in [0.25, 0.3) is 10.9 Å². The molecule has 4 aromatic carbocycles. The van der Waals surface area contributed by atoms with E-state index in [1.54, 1.807) is 25.2 Å². The van der Waals surface area contributed by atoms with Gasteiger partial charge in [0.2, 0.25) is 0 Å². The van der Waals surface area contributed by atoms with Crippen LogP contribution in [0.15, 0.2) is 103 Å². The number of carbonyl (C=O) groups excluding carboxylic acids is 2. The van der Waals surface area contributed by atoms with Crippen molar-refractivity contribution in [2.75, 3.05) is 27.2 Å². The minimum atomic E-state index is -2.79. The average Bonchev–Trinajstić information content (AvgIpc) is 3.36. The summed E-state index contributed by atoms with van der Waals surface area (Å²) in [5.41, 5.74) is 3.37. The molecule has 0 atom stereocenters. The van der Waals surface area contributed by atoms with Gasteiger partial charge in [0, 0.05) is 44.3 Å². The van der Waals surface area contributed by atoms with E-state index in [0.717, 1.165) is 11.1 Å². The molecule has 2 amide bonds. The Morgan fingerprint density at radius 1 is 0.936 bits per heavy atom. The summed E-state index contributed by atoms with van der Waals surface area (Å²) < 4.78 is 7.07. The number of phenolic OH excluding ortho intramolecular Hbond substituents is 1. The van der Waals surface area contributed by atoms with E-state index in [-0.39, 0.29) is 40.2 Å². The highest BCUT2D eigenvalue weighted by molar-refractivity contribution is 6.99. The highest BCUT2D eigenvalue weighted by Gasteiger charge is 2.50. The number of phenols is 1. The summed E-state index contributed by atoms with van der Waals surface area (Å²) in [7, 11) is 0.651. The third-order valence-electron chi connectivity index (χ3n) is 9.21. The van der Waals surface area contributed by atoms with Crippen LogP contribution in [0.2, 0.25) is 5.04 Å². The molecule has 0 saturated carbocycles. The van der Waals surface area contributed by atoms with E-state index in [1.807, 2.05) is 48.5 Å². The zero-order chi connectivity index (χ0) is 33.3. The number of aromatic hydroxyl groups is 1. The molecule has 0 aliphatic carbocycles. The number of hydrogen-bond acceptors (Lipinski definition) is 5. The molecule has 1 N–H and O–H groups in total. The molecule has 1 aliphatic rings. The number of benzene rings is 4. The third kappa shape index (κ3) is 5.83. The molecule has 2 heterocycles. The van der Waals surface area contributed by atoms with Gasteiger partial charge in [0.15, 0.2) is 5.75 Å². The minimum Gasteiger partial charge on any atom is -0.505 e. The van der Waals surface area contributed by atoms with E-state index in [9.17, 15) is 14.7 Å². The van der Waals surface area contributed by atoms with Crippen molar-refractivity contribution in [3.05, 3.63) is 131 Å². The number of carbonyl (C=O) groups is 2. The number of fused-ring (bicyclic) bond motifs is 2. The summed E-state index contributed by atoms with van der Waals surface area (Å²) in [4.78, 5) is 35.4. The van der Waals surface area contributed by atoms with Crippen LogP contribution in [0.3, 0.4) is 0 Å². The van der Waals surface area contributed by atoms with Gasteiger partial charge in [-0.25, -0.2) is 0 Å². The normalized spacial score (nSPS) is 13.2. The standard InChI is InChI=1S/C39H41N3O4Si/c1-39(2,3)47(29-17-11-7-12-18-29,30-19-13-8-14-20-30)46-22-21-41(4)37(44)33-31-24-28(23-27-15-9-6-10-16-27)25-40-35(31)36(43)34-32(33)26-42(5)38(34)45/h6-20,24-25,43H,21-23,26H2,1-5H3. The lowest BCUT2D eigenvalue weighted by atomic mass is 9.94. The fraction of sp³-hybridized carbons (Fsp3) is 0.256. The van der Waals surface area contributed by atoms with E-state index >= 15 is 0 Å². The summed E-state index contributed by atoms with van der Waals surface area (Å²) in [5.74, 6) is -0.731. The summed E-state index contributed by atoms with van der Waals surface area (Å²) in [6.07, 6.45) is 2.33. The van der Waals surface area contributed by atoms with E-state index in [2.05, 4.69) is 74.3 Å². The van der Waals surface area contributed by atoms with Crippen molar-refractivity contribution in [2.45, 2.75) is 38.8 Å². The van der Waals surface area contributed by atoms with E-state index < -0.39 is 8.32 Å². The number of aromatic nitrogens is 1. The van der Waals surface area contributed by atoms with Gasteiger partial charge < -0.3 is 19.3 Å². The Morgan fingerprint density at radius 2 is 1.51 bits per heavy atom. The molecule has 240 valence electrons. The number of nitrogens with zero attached hydrogens (tertiary/aromatic N) is 3. The van der Waals surface area contributed by atoms with Gasteiger partial charge in [-0.15, -0.1) is 0 Å². The number of hydrogen-bond donors (Lipinski definition) is 1. The van der Waals surface area contributed by atoms with Crippen LogP contribution in [0.1, 0.15) is 58.2 Å². The molecule has 7 nitrogen and oxygen atoms in total. The molecule has 0 radical (unpaired) electrons. The molecule has 6 rings (SSSR count). The number of pyridine rings is 1. The SMILES string of the molecule is CN1Cc2c(c(O)c3ncc(Cc4ccccc4)cc3c2C(=O)N(C)CCO[Si](c2ccccc2)(c2ccccc2)C(C)(C)C)C1=O. The van der Waals surface area contributed by atoms with Crippen molar-refractivity contribution in [1.82, 2.24) is 14.8 Å². The lowest BCUT2D eigenvalue weighted by Gasteiger charge is -2.43. The monoisotopic (exact) mass is 643 g/mol. The Bertz CT molecular complexity index is 1890. The van der Waals surface area contributed by atoms with Crippen molar-refractivity contribution in [1.29, 1.82) is 0 Å². The summed E-state index contributed by atoms with van der Waals surface area (Å²) in [5, 5.41) is 14.0. The molecule has 0 spiro atoms. The van der Waals surface area contributed by atoms with Crippen molar-refractivity contribution in [2.24, 2.45) is 0 Å². The minimum absolute atomic E-state index is 0.156. The van der Waals surface area contributed by atoms with Gasteiger partial charge in [-0.05, 0) is 39.0 Å². The predicted octanol–water partition coefficient (Wildman–Crippen LogP) is 5.77. The molecule has 0 fully saturated rings. The van der Waals surface area contributed by atoms with Crippen LogP contribution in [0.4, 0.5) is 0 Å². The fourth-order valence-electron chi connectivity index (χ4n) is 6.89. The van der Waals surface area contributed by atoms with Gasteiger partial charge in [0.1, 0.15) is 5.52 Å². The van der Waals surface area contributed by atoms with Crippen LogP contribution < -0.4 is 10.4 Å². The van der Waals surface area contributed by atoms with Gasteiger partial charge in [-0.3, -0.25) is 14.6 Å². The predicted molar refractivity (Wildman–Crippen MR) is 189 cm³/mol. The Kier molecular flexibility index (Phi) is 8.74. The van der Waals surface area contributed by atoms with Gasteiger partial charge in [0.25, 0.3) is 20.1 Å². The summed E-state index contributed by atoms with van der Waals surface area (Å²) in [6, 6.07) is 32.8. The second-order valence-electron chi connectivity index (χ2n) is 13.4. The van der Waals surface area contributed by atoms with Crippen molar-refractivity contribution in [3.63, 3.8) is 0 Å². The van der Waals surface area contributed by atoms with E-state index in [4.69, 9.17) is 4.43 Å². The first-order valence-corrected chi connectivity index (χ1v) is 17.9. The first kappa shape index (κ1) is 32.2. The molecule has 1 aromatic heterocycles. The average molecular weight is 644 g/mol. The Labute approximate surface area is 277 Å². The van der Waals surface area contributed by atoms with Crippen molar-refractivity contribution in [3.8, 4) is 5.75 Å². The van der Waals surface area contributed by atoms with Crippen molar-refractivity contribution >= 4 is 41.4 Å². The largest absolute Gasteiger partial charge is 0.505 e. The summed E-state index contributed by atoms with van der Waals surface area (Å²) in [6.45, 7) is 7.58. The number of amides is 2. The van der Waals surface area contributed by atoms with Crippen LogP contribution in [0, 0.1) is 0 Å². The highest BCUT2D eigenvalue weighted by atomic mass is 28.4. The maximum absolute atomic E-state index is 14.4. The van der Waals surface area contributed by atoms with Gasteiger partial charge >= 0.3 is 0 Å². The maximum Gasteiger partial charge on any atom is 0.261 e. The van der Waals surface area contributed by atoms with Crippen LogP contribution >= 0.6 is 0 Å². The zero-order valence-corrected chi connectivity index (χ0v) is 28.7. The molecule has 5 aromatic rings. The topological polar surface area (TPSA) is 83.0 Å². The molecule has 0 unspecified atom stereocenters. The van der Waals surface area contributed by atoms with Crippen LogP contribution in [-0.2, 0) is 17.4 Å². The Morgan fingerprint density at radius 3 is 2.09 bits per heavy atom. The van der Waals surface area contributed by atoms with Gasteiger partial charge in [-0.2, -0.15) is 0 Å². The van der Waals surface area contributed by atoms with E-state index in [1.165, 1.54) is 15.3 Å². The smallest absolute Gasteiger partial charge is 0.261 e. The first-order chi connectivity index (χ1) is 22.5. The Hall–Kier alpha value is -4.79. The summed E-state index contributed by atoms with van der Waals surface area (Å²) >= 11 is 0. The Balaban J connectivity index is 1.36. The third-order valence-corrected chi connectivity index (χ3v) is 14.3. The number of rotatable bonds is 9. The molecule has 47 heavy (non-hydrogen) atoms. The molecular weight excluding hydrogens is 603 g/mol. The highest BCUT2D eigenvalue weighted by Crippen LogP contribution is 2.40. The molecule has 1 aliphatic heterocycles.